The second-order valence-electron chi connectivity index (χ2n) is 5.93. The number of anilines is 1. The molecule has 2 aromatic rings. The van der Waals surface area contributed by atoms with Crippen LogP contribution >= 0.6 is 0 Å². The van der Waals surface area contributed by atoms with Gasteiger partial charge in [-0.2, -0.15) is 0 Å². The first-order valence-electron chi connectivity index (χ1n) is 6.94. The number of nitrogens with zero attached hydrogens (tertiary/aromatic N) is 2. The first-order valence-corrected chi connectivity index (χ1v) is 6.94. The van der Waals surface area contributed by atoms with Crippen molar-refractivity contribution in [1.82, 2.24) is 9.55 Å². The number of benzene rings is 1. The van der Waals surface area contributed by atoms with Gasteiger partial charge in [0.2, 0.25) is 0 Å². The fourth-order valence-corrected chi connectivity index (χ4v) is 2.08. The molecular formula is C16H20FN3O. The highest BCUT2D eigenvalue weighted by atomic mass is 19.1. The first kappa shape index (κ1) is 15.2. The van der Waals surface area contributed by atoms with Crippen molar-refractivity contribution in [1.29, 1.82) is 0 Å². The number of rotatable bonds is 4. The van der Waals surface area contributed by atoms with E-state index in [0.29, 0.717) is 18.8 Å². The summed E-state index contributed by atoms with van der Waals surface area (Å²) in [6, 6.07) is 6.44. The highest BCUT2D eigenvalue weighted by Crippen LogP contribution is 2.11. The van der Waals surface area contributed by atoms with Crippen molar-refractivity contribution in [2.75, 3.05) is 11.9 Å². The highest BCUT2D eigenvalue weighted by molar-refractivity contribution is 5.31. The summed E-state index contributed by atoms with van der Waals surface area (Å²) in [4.78, 5) is 16.4. The third-order valence-electron chi connectivity index (χ3n) is 3.16. The molecule has 1 heterocycles. The maximum atomic E-state index is 13.1. The molecule has 112 valence electrons. The zero-order valence-corrected chi connectivity index (χ0v) is 12.6. The van der Waals surface area contributed by atoms with E-state index in [9.17, 15) is 9.18 Å². The summed E-state index contributed by atoms with van der Waals surface area (Å²) in [5, 5.41) is 3.03. The Morgan fingerprint density at radius 1 is 1.33 bits per heavy atom. The fraction of sp³-hybridized carbons (Fsp3) is 0.375. The Balaban J connectivity index is 2.06. The Kier molecular flexibility index (Phi) is 4.40. The SMILES string of the molecule is CC(C)(C)n1ccnc(NCCc2cccc(F)c2)c1=O. The Bertz CT molecular complexity index is 674. The Morgan fingerprint density at radius 2 is 2.10 bits per heavy atom. The van der Waals surface area contributed by atoms with Gasteiger partial charge >= 0.3 is 0 Å². The van der Waals surface area contributed by atoms with Crippen LogP contribution in [0.4, 0.5) is 10.2 Å². The third-order valence-corrected chi connectivity index (χ3v) is 3.16. The van der Waals surface area contributed by atoms with Crippen LogP contribution < -0.4 is 10.9 Å². The lowest BCUT2D eigenvalue weighted by atomic mass is 10.1. The van der Waals surface area contributed by atoms with Crippen LogP contribution in [0.5, 0.6) is 0 Å². The van der Waals surface area contributed by atoms with Crippen molar-refractivity contribution >= 4 is 5.82 Å². The molecule has 0 atom stereocenters. The van der Waals surface area contributed by atoms with Crippen LogP contribution in [0.15, 0.2) is 41.5 Å². The number of nitrogens with one attached hydrogen (secondary N) is 1. The fourth-order valence-electron chi connectivity index (χ4n) is 2.08. The zero-order chi connectivity index (χ0) is 15.5. The summed E-state index contributed by atoms with van der Waals surface area (Å²) >= 11 is 0. The van der Waals surface area contributed by atoms with Crippen molar-refractivity contribution < 1.29 is 4.39 Å². The third kappa shape index (κ3) is 3.90. The standard InChI is InChI=1S/C16H20FN3O/c1-16(2,3)20-10-9-19-14(15(20)21)18-8-7-12-5-4-6-13(17)11-12/h4-6,9-11H,7-8H2,1-3H3,(H,18,19). The molecule has 0 spiro atoms. The minimum Gasteiger partial charge on any atom is -0.365 e. The molecular weight excluding hydrogens is 269 g/mol. The molecule has 0 aliphatic heterocycles. The molecule has 0 saturated carbocycles. The maximum Gasteiger partial charge on any atom is 0.293 e. The molecule has 0 saturated heterocycles. The van der Waals surface area contributed by atoms with E-state index in [4.69, 9.17) is 0 Å². The van der Waals surface area contributed by atoms with Crippen molar-refractivity contribution in [2.45, 2.75) is 32.7 Å². The van der Waals surface area contributed by atoms with E-state index in [-0.39, 0.29) is 16.9 Å². The van der Waals surface area contributed by atoms with E-state index in [1.807, 2.05) is 26.8 Å². The molecule has 2 rings (SSSR count). The molecule has 0 fully saturated rings. The van der Waals surface area contributed by atoms with Crippen molar-refractivity contribution in [3.8, 4) is 0 Å². The largest absolute Gasteiger partial charge is 0.365 e. The smallest absolute Gasteiger partial charge is 0.293 e. The average Bonchev–Trinajstić information content (AvgIpc) is 2.39. The minimum atomic E-state index is -0.293. The van der Waals surface area contributed by atoms with Crippen LogP contribution in [0.1, 0.15) is 26.3 Å². The van der Waals surface area contributed by atoms with Gasteiger partial charge in [0, 0.05) is 24.5 Å². The zero-order valence-electron chi connectivity index (χ0n) is 12.6. The molecule has 1 N–H and O–H groups in total. The lowest BCUT2D eigenvalue weighted by Gasteiger charge is -2.22. The van der Waals surface area contributed by atoms with Gasteiger partial charge in [0.15, 0.2) is 5.82 Å². The van der Waals surface area contributed by atoms with Crippen LogP contribution in [0.2, 0.25) is 0 Å². The highest BCUT2D eigenvalue weighted by Gasteiger charge is 2.16. The Labute approximate surface area is 123 Å². The number of hydrogen-bond acceptors (Lipinski definition) is 3. The van der Waals surface area contributed by atoms with Crippen LogP contribution in [-0.4, -0.2) is 16.1 Å². The van der Waals surface area contributed by atoms with Gasteiger partial charge in [-0.15, -0.1) is 0 Å². The number of hydrogen-bond donors (Lipinski definition) is 1. The number of aromatic nitrogens is 2. The molecule has 0 amide bonds. The topological polar surface area (TPSA) is 46.9 Å². The predicted molar refractivity (Wildman–Crippen MR) is 82.1 cm³/mol. The monoisotopic (exact) mass is 289 g/mol. The van der Waals surface area contributed by atoms with Gasteiger partial charge in [-0.1, -0.05) is 12.1 Å². The van der Waals surface area contributed by atoms with E-state index in [1.165, 1.54) is 12.1 Å². The van der Waals surface area contributed by atoms with E-state index in [2.05, 4.69) is 10.3 Å². The summed E-state index contributed by atoms with van der Waals surface area (Å²) in [7, 11) is 0. The Morgan fingerprint density at radius 3 is 2.76 bits per heavy atom. The summed E-state index contributed by atoms with van der Waals surface area (Å²) in [6.07, 6.45) is 3.92. The lowest BCUT2D eigenvalue weighted by molar-refractivity contribution is 0.383. The molecule has 1 aromatic carbocycles. The van der Waals surface area contributed by atoms with Gasteiger partial charge in [0.1, 0.15) is 5.82 Å². The van der Waals surface area contributed by atoms with Crippen LogP contribution in [0.25, 0.3) is 0 Å². The normalized spacial score (nSPS) is 11.4. The van der Waals surface area contributed by atoms with E-state index in [0.717, 1.165) is 5.56 Å². The van der Waals surface area contributed by atoms with E-state index in [1.54, 1.807) is 23.0 Å². The summed E-state index contributed by atoms with van der Waals surface area (Å²) in [5.41, 5.74) is 0.442. The van der Waals surface area contributed by atoms with Gasteiger partial charge in [-0.25, -0.2) is 9.37 Å². The Hall–Kier alpha value is -2.17. The van der Waals surface area contributed by atoms with Crippen LogP contribution in [0.3, 0.4) is 0 Å². The number of halogens is 1. The maximum absolute atomic E-state index is 13.1. The predicted octanol–water partition coefficient (Wildman–Crippen LogP) is 2.79. The molecule has 0 bridgehead atoms. The van der Waals surface area contributed by atoms with Gasteiger partial charge < -0.3 is 9.88 Å². The summed E-state index contributed by atoms with van der Waals surface area (Å²) in [5.74, 6) is 0.0734. The molecule has 5 heteroatoms. The minimum absolute atomic E-state index is 0.149. The van der Waals surface area contributed by atoms with Gasteiger partial charge in [0.25, 0.3) is 5.56 Å². The average molecular weight is 289 g/mol. The van der Waals surface area contributed by atoms with Gasteiger partial charge in [0.05, 0.1) is 0 Å². The van der Waals surface area contributed by atoms with Crippen LogP contribution in [-0.2, 0) is 12.0 Å². The molecule has 0 unspecified atom stereocenters. The molecule has 4 nitrogen and oxygen atoms in total. The second kappa shape index (κ2) is 6.08. The quantitative estimate of drug-likeness (QED) is 0.941. The van der Waals surface area contributed by atoms with E-state index >= 15 is 0 Å². The van der Waals surface area contributed by atoms with Gasteiger partial charge in [-0.3, -0.25) is 4.79 Å². The van der Waals surface area contributed by atoms with Crippen molar-refractivity contribution in [3.05, 3.63) is 58.4 Å². The van der Waals surface area contributed by atoms with E-state index < -0.39 is 0 Å². The van der Waals surface area contributed by atoms with Crippen molar-refractivity contribution in [2.24, 2.45) is 0 Å². The summed E-state index contributed by atoms with van der Waals surface area (Å²) in [6.45, 7) is 6.42. The van der Waals surface area contributed by atoms with Crippen LogP contribution in [0, 0.1) is 5.82 Å². The molecule has 0 aliphatic carbocycles. The molecule has 0 aliphatic rings. The summed E-state index contributed by atoms with van der Waals surface area (Å²) < 4.78 is 14.7. The first-order chi connectivity index (χ1) is 9.88. The molecule has 0 radical (unpaired) electrons. The van der Waals surface area contributed by atoms with Gasteiger partial charge in [-0.05, 0) is 44.9 Å². The van der Waals surface area contributed by atoms with Crippen molar-refractivity contribution in [3.63, 3.8) is 0 Å². The molecule has 21 heavy (non-hydrogen) atoms. The lowest BCUT2D eigenvalue weighted by Crippen LogP contribution is -2.35. The molecule has 1 aromatic heterocycles. The second-order valence-corrected chi connectivity index (χ2v) is 5.93.